The summed E-state index contributed by atoms with van der Waals surface area (Å²) in [6.45, 7) is 1.41. The lowest BCUT2D eigenvalue weighted by Crippen LogP contribution is -2.46. The number of esters is 1. The predicted molar refractivity (Wildman–Crippen MR) is 92.9 cm³/mol. The number of pyridine rings is 1. The van der Waals surface area contributed by atoms with Crippen molar-refractivity contribution in [2.45, 2.75) is 18.1 Å². The van der Waals surface area contributed by atoms with Gasteiger partial charge in [-0.2, -0.15) is 0 Å². The molecule has 1 atom stereocenters. The number of nitrogens with one attached hydrogen (secondary N) is 2. The number of ether oxygens (including phenoxy) is 1. The van der Waals surface area contributed by atoms with E-state index in [0.29, 0.717) is 10.6 Å². The van der Waals surface area contributed by atoms with Gasteiger partial charge < -0.3 is 4.74 Å². The molecule has 2 amide bonds. The van der Waals surface area contributed by atoms with Gasteiger partial charge in [-0.3, -0.25) is 20.4 Å². The lowest BCUT2D eigenvalue weighted by molar-refractivity contribution is -0.129. The minimum Gasteiger partial charge on any atom is -0.449 e. The second-order valence-electron chi connectivity index (χ2n) is 4.92. The molecule has 0 aliphatic heterocycles. The van der Waals surface area contributed by atoms with E-state index < -0.39 is 23.9 Å². The van der Waals surface area contributed by atoms with Gasteiger partial charge in [-0.15, -0.1) is 11.8 Å². The molecule has 0 saturated carbocycles. The Balaban J connectivity index is 1.90. The van der Waals surface area contributed by atoms with Crippen molar-refractivity contribution in [3.8, 4) is 0 Å². The molecule has 0 unspecified atom stereocenters. The number of thioether (sulfide) groups is 1. The Morgan fingerprint density at radius 3 is 2.48 bits per heavy atom. The molecule has 7 nitrogen and oxygen atoms in total. The van der Waals surface area contributed by atoms with Gasteiger partial charge in [0.2, 0.25) is 0 Å². The molecule has 0 fully saturated rings. The van der Waals surface area contributed by atoms with E-state index in [1.807, 2.05) is 0 Å². The zero-order chi connectivity index (χ0) is 18.2. The van der Waals surface area contributed by atoms with Gasteiger partial charge in [0, 0.05) is 11.8 Å². The van der Waals surface area contributed by atoms with Crippen molar-refractivity contribution < 1.29 is 19.1 Å². The third kappa shape index (κ3) is 5.05. The summed E-state index contributed by atoms with van der Waals surface area (Å²) < 4.78 is 5.12. The molecule has 0 bridgehead atoms. The average Bonchev–Trinajstić information content (AvgIpc) is 2.66. The molecule has 2 N–H and O–H groups in total. The highest BCUT2D eigenvalue weighted by atomic mass is 32.2. The number of rotatable bonds is 5. The Morgan fingerprint density at radius 1 is 1.08 bits per heavy atom. The molecular weight excluding hydrogens is 342 g/mol. The molecule has 1 heterocycles. The number of carbonyl (C=O) groups is 3. The number of hydrazine groups is 1. The third-order valence-electron chi connectivity index (χ3n) is 3.17. The van der Waals surface area contributed by atoms with Gasteiger partial charge in [0.25, 0.3) is 11.8 Å². The number of nitrogens with zero attached hydrogens (tertiary/aromatic N) is 1. The molecule has 0 spiro atoms. The third-order valence-corrected chi connectivity index (χ3v) is 3.88. The fraction of sp³-hybridized carbons (Fsp3) is 0.176. The first-order valence-electron chi connectivity index (χ1n) is 7.38. The van der Waals surface area contributed by atoms with Crippen LogP contribution in [0, 0.1) is 0 Å². The number of aromatic nitrogens is 1. The van der Waals surface area contributed by atoms with E-state index in [1.54, 1.807) is 54.9 Å². The molecule has 0 aliphatic rings. The van der Waals surface area contributed by atoms with Crippen LogP contribution >= 0.6 is 11.8 Å². The second kappa shape index (κ2) is 8.84. The van der Waals surface area contributed by atoms with Crippen LogP contribution in [0.2, 0.25) is 0 Å². The van der Waals surface area contributed by atoms with Gasteiger partial charge >= 0.3 is 5.97 Å². The zero-order valence-electron chi connectivity index (χ0n) is 13.7. The van der Waals surface area contributed by atoms with Gasteiger partial charge in [-0.1, -0.05) is 18.2 Å². The van der Waals surface area contributed by atoms with E-state index in [4.69, 9.17) is 4.74 Å². The van der Waals surface area contributed by atoms with Gasteiger partial charge in [0.05, 0.1) is 5.56 Å². The summed E-state index contributed by atoms with van der Waals surface area (Å²) in [5, 5.41) is 0.512. The summed E-state index contributed by atoms with van der Waals surface area (Å²) in [6.07, 6.45) is 2.27. The monoisotopic (exact) mass is 359 g/mol. The first kappa shape index (κ1) is 18.5. The summed E-state index contributed by atoms with van der Waals surface area (Å²) in [5.74, 6) is -1.77. The predicted octanol–water partition coefficient (Wildman–Crippen LogP) is 1.81. The first-order valence-corrected chi connectivity index (χ1v) is 8.60. The normalized spacial score (nSPS) is 11.3. The van der Waals surface area contributed by atoms with Crippen molar-refractivity contribution in [1.29, 1.82) is 0 Å². The fourth-order valence-electron chi connectivity index (χ4n) is 1.87. The van der Waals surface area contributed by atoms with E-state index >= 15 is 0 Å². The highest BCUT2D eigenvalue weighted by Crippen LogP contribution is 2.18. The summed E-state index contributed by atoms with van der Waals surface area (Å²) in [4.78, 5) is 40.1. The number of hydrogen-bond acceptors (Lipinski definition) is 6. The van der Waals surface area contributed by atoms with Crippen LogP contribution in [0.4, 0.5) is 0 Å². The van der Waals surface area contributed by atoms with Crippen molar-refractivity contribution in [3.63, 3.8) is 0 Å². The highest BCUT2D eigenvalue weighted by Gasteiger charge is 2.21. The zero-order valence-corrected chi connectivity index (χ0v) is 14.5. The van der Waals surface area contributed by atoms with Crippen LogP contribution in [-0.4, -0.2) is 35.1 Å². The Morgan fingerprint density at radius 2 is 1.80 bits per heavy atom. The minimum absolute atomic E-state index is 0.281. The molecule has 25 heavy (non-hydrogen) atoms. The summed E-state index contributed by atoms with van der Waals surface area (Å²) in [5.41, 5.74) is 5.17. The summed E-state index contributed by atoms with van der Waals surface area (Å²) in [6, 6.07) is 11.6. The molecule has 2 aromatic rings. The van der Waals surface area contributed by atoms with E-state index in [9.17, 15) is 14.4 Å². The molecule has 130 valence electrons. The summed E-state index contributed by atoms with van der Waals surface area (Å²) in [7, 11) is 0. The van der Waals surface area contributed by atoms with Crippen LogP contribution in [0.3, 0.4) is 0 Å². The van der Waals surface area contributed by atoms with Crippen molar-refractivity contribution in [2.24, 2.45) is 0 Å². The molecular formula is C17H17N3O4S. The Bertz CT molecular complexity index is 767. The lowest BCUT2D eigenvalue weighted by atomic mass is 10.2. The van der Waals surface area contributed by atoms with Gasteiger partial charge in [0.15, 0.2) is 6.10 Å². The molecule has 0 radical (unpaired) electrons. The molecule has 0 aliphatic carbocycles. The largest absolute Gasteiger partial charge is 0.449 e. The Kier molecular flexibility index (Phi) is 6.53. The topological polar surface area (TPSA) is 97.4 Å². The van der Waals surface area contributed by atoms with Crippen molar-refractivity contribution in [3.05, 3.63) is 59.8 Å². The quantitative estimate of drug-likeness (QED) is 0.480. The maximum absolute atomic E-state index is 12.2. The number of hydrogen-bond donors (Lipinski definition) is 2. The Labute approximate surface area is 149 Å². The fourth-order valence-corrected chi connectivity index (χ4v) is 2.41. The number of benzene rings is 1. The lowest BCUT2D eigenvalue weighted by Gasteiger charge is -2.14. The molecule has 1 aromatic carbocycles. The maximum atomic E-state index is 12.2. The SMILES string of the molecule is CSc1ncccc1C(=O)O[C@H](C)C(=O)NNC(=O)c1ccccc1. The van der Waals surface area contributed by atoms with E-state index in [1.165, 1.54) is 18.7 Å². The van der Waals surface area contributed by atoms with E-state index in [0.717, 1.165) is 0 Å². The molecule has 2 rings (SSSR count). The smallest absolute Gasteiger partial charge is 0.341 e. The molecule has 8 heteroatoms. The standard InChI is InChI=1S/C17H17N3O4S/c1-11(24-17(23)13-9-6-10-18-16(13)25-2)14(21)19-20-15(22)12-7-4-3-5-8-12/h3-11H,1-2H3,(H,19,21)(H,20,22)/t11-/m1/s1. The van der Waals surface area contributed by atoms with Crippen LogP contribution in [0.25, 0.3) is 0 Å². The Hall–Kier alpha value is -2.87. The van der Waals surface area contributed by atoms with Crippen LogP contribution in [0.15, 0.2) is 53.7 Å². The number of carbonyl (C=O) groups excluding carboxylic acids is 3. The molecule has 1 aromatic heterocycles. The van der Waals surface area contributed by atoms with Crippen LogP contribution in [0.1, 0.15) is 27.6 Å². The van der Waals surface area contributed by atoms with E-state index in [-0.39, 0.29) is 5.56 Å². The van der Waals surface area contributed by atoms with Crippen molar-refractivity contribution in [2.75, 3.05) is 6.26 Å². The maximum Gasteiger partial charge on any atom is 0.341 e. The second-order valence-corrected chi connectivity index (χ2v) is 5.71. The highest BCUT2D eigenvalue weighted by molar-refractivity contribution is 7.98. The van der Waals surface area contributed by atoms with E-state index in [2.05, 4.69) is 15.8 Å². The van der Waals surface area contributed by atoms with Crippen molar-refractivity contribution in [1.82, 2.24) is 15.8 Å². The molecule has 0 saturated heterocycles. The van der Waals surface area contributed by atoms with Gasteiger partial charge in [0.1, 0.15) is 5.03 Å². The van der Waals surface area contributed by atoms with Crippen LogP contribution in [0.5, 0.6) is 0 Å². The first-order chi connectivity index (χ1) is 12.0. The van der Waals surface area contributed by atoms with Crippen molar-refractivity contribution >= 4 is 29.5 Å². The number of amides is 2. The van der Waals surface area contributed by atoms with Gasteiger partial charge in [-0.05, 0) is 37.4 Å². The van der Waals surface area contributed by atoms with Crippen LogP contribution in [-0.2, 0) is 9.53 Å². The summed E-state index contributed by atoms with van der Waals surface area (Å²) >= 11 is 1.30. The average molecular weight is 359 g/mol. The van der Waals surface area contributed by atoms with Crippen LogP contribution < -0.4 is 10.9 Å². The van der Waals surface area contributed by atoms with Gasteiger partial charge in [-0.25, -0.2) is 9.78 Å². The minimum atomic E-state index is -1.08.